The van der Waals surface area contributed by atoms with E-state index >= 15 is 0 Å². The van der Waals surface area contributed by atoms with E-state index in [1.807, 2.05) is 58.8 Å². The molecule has 0 radical (unpaired) electrons. The summed E-state index contributed by atoms with van der Waals surface area (Å²) in [6, 6.07) is 15.4. The second-order valence-electron chi connectivity index (χ2n) is 8.01. The van der Waals surface area contributed by atoms with Gasteiger partial charge in [0.2, 0.25) is 18.6 Å². The van der Waals surface area contributed by atoms with E-state index < -0.39 is 0 Å². The molecule has 0 spiro atoms. The van der Waals surface area contributed by atoms with Gasteiger partial charge >= 0.3 is 0 Å². The van der Waals surface area contributed by atoms with Gasteiger partial charge in [0.15, 0.2) is 11.5 Å². The highest BCUT2D eigenvalue weighted by atomic mass is 32.1. The molecule has 2 aromatic heterocycles. The Morgan fingerprint density at radius 3 is 2.82 bits per heavy atom. The zero-order valence-electron chi connectivity index (χ0n) is 17.6. The van der Waals surface area contributed by atoms with E-state index in [9.17, 15) is 4.79 Å². The predicted molar refractivity (Wildman–Crippen MR) is 121 cm³/mol. The average molecular weight is 461 g/mol. The molecular weight excluding hydrogens is 440 g/mol. The third kappa shape index (κ3) is 3.84. The number of hydrogen-bond donors (Lipinski definition) is 0. The van der Waals surface area contributed by atoms with Crippen LogP contribution in [0.5, 0.6) is 11.5 Å². The third-order valence-electron chi connectivity index (χ3n) is 5.86. The normalized spacial score (nSPS) is 17.3. The van der Waals surface area contributed by atoms with Crippen LogP contribution in [0.25, 0.3) is 22.0 Å². The maximum absolute atomic E-state index is 13.1. The van der Waals surface area contributed by atoms with Gasteiger partial charge < -0.3 is 18.8 Å². The van der Waals surface area contributed by atoms with Crippen molar-refractivity contribution in [3.63, 3.8) is 0 Å². The van der Waals surface area contributed by atoms with E-state index in [0.29, 0.717) is 42.1 Å². The standard InChI is InChI=1S/C24H20N4O4S/c29-24(18-13-33-23(25-18)15-5-2-1-3-6-15)28-10-4-7-17(12-28)22-27-26-21(32-22)16-8-9-19-20(11-16)31-14-30-19/h1-3,5-6,8-9,11,13,17H,4,7,10,12,14H2. The van der Waals surface area contributed by atoms with Gasteiger partial charge in [-0.1, -0.05) is 30.3 Å². The summed E-state index contributed by atoms with van der Waals surface area (Å²) in [5.41, 5.74) is 2.27. The summed E-state index contributed by atoms with van der Waals surface area (Å²) in [6.45, 7) is 1.43. The highest BCUT2D eigenvalue weighted by Gasteiger charge is 2.30. The predicted octanol–water partition coefficient (Wildman–Crippen LogP) is 4.61. The van der Waals surface area contributed by atoms with E-state index in [1.54, 1.807) is 0 Å². The molecule has 6 rings (SSSR count). The second kappa shape index (κ2) is 8.32. The van der Waals surface area contributed by atoms with Crippen molar-refractivity contribution in [1.29, 1.82) is 0 Å². The largest absolute Gasteiger partial charge is 0.454 e. The monoisotopic (exact) mass is 460 g/mol. The van der Waals surface area contributed by atoms with Crippen molar-refractivity contribution in [2.45, 2.75) is 18.8 Å². The van der Waals surface area contributed by atoms with Crippen molar-refractivity contribution in [1.82, 2.24) is 20.1 Å². The van der Waals surface area contributed by atoms with Gasteiger partial charge in [0, 0.05) is 29.6 Å². The van der Waals surface area contributed by atoms with Gasteiger partial charge in [-0.2, -0.15) is 0 Å². The van der Waals surface area contributed by atoms with Gasteiger partial charge in [-0.25, -0.2) is 4.98 Å². The van der Waals surface area contributed by atoms with E-state index in [0.717, 1.165) is 29.0 Å². The Morgan fingerprint density at radius 1 is 1.03 bits per heavy atom. The molecule has 0 aliphatic carbocycles. The maximum Gasteiger partial charge on any atom is 0.273 e. The summed E-state index contributed by atoms with van der Waals surface area (Å²) >= 11 is 1.48. The van der Waals surface area contributed by atoms with Crippen molar-refractivity contribution < 1.29 is 18.7 Å². The summed E-state index contributed by atoms with van der Waals surface area (Å²) in [5.74, 6) is 2.28. The lowest BCUT2D eigenvalue weighted by atomic mass is 9.98. The van der Waals surface area contributed by atoms with Crippen LogP contribution in [0.2, 0.25) is 0 Å². The van der Waals surface area contributed by atoms with Gasteiger partial charge in [0.05, 0.1) is 5.92 Å². The van der Waals surface area contributed by atoms with Crippen molar-refractivity contribution in [3.8, 4) is 33.5 Å². The average Bonchev–Trinajstić information content (AvgIpc) is 3.64. The van der Waals surface area contributed by atoms with E-state index in [4.69, 9.17) is 13.9 Å². The lowest BCUT2D eigenvalue weighted by molar-refractivity contribution is 0.0693. The van der Waals surface area contributed by atoms with E-state index in [2.05, 4.69) is 15.2 Å². The molecule has 4 heterocycles. The zero-order valence-corrected chi connectivity index (χ0v) is 18.5. The van der Waals surface area contributed by atoms with Crippen LogP contribution in [-0.4, -0.2) is 45.9 Å². The van der Waals surface area contributed by atoms with Gasteiger partial charge in [0.25, 0.3) is 5.91 Å². The lowest BCUT2D eigenvalue weighted by Gasteiger charge is -2.30. The first-order valence-electron chi connectivity index (χ1n) is 10.8. The summed E-state index contributed by atoms with van der Waals surface area (Å²) < 4.78 is 16.8. The molecule has 166 valence electrons. The Balaban J connectivity index is 1.17. The van der Waals surface area contributed by atoms with Crippen molar-refractivity contribution >= 4 is 17.2 Å². The fourth-order valence-corrected chi connectivity index (χ4v) is 4.96. The Kier molecular flexibility index (Phi) is 5.03. The van der Waals surface area contributed by atoms with Crippen molar-refractivity contribution in [2.24, 2.45) is 0 Å². The minimum Gasteiger partial charge on any atom is -0.454 e. The highest BCUT2D eigenvalue weighted by molar-refractivity contribution is 7.13. The number of fused-ring (bicyclic) bond motifs is 1. The Labute approximate surface area is 193 Å². The first kappa shape index (κ1) is 19.9. The zero-order chi connectivity index (χ0) is 22.2. The smallest absolute Gasteiger partial charge is 0.273 e. The fourth-order valence-electron chi connectivity index (χ4n) is 4.16. The molecule has 8 nitrogen and oxygen atoms in total. The quantitative estimate of drug-likeness (QED) is 0.439. The van der Waals surface area contributed by atoms with Crippen LogP contribution in [0, 0.1) is 0 Å². The highest BCUT2D eigenvalue weighted by Crippen LogP contribution is 2.36. The molecule has 2 aromatic carbocycles. The van der Waals surface area contributed by atoms with Crippen LogP contribution < -0.4 is 9.47 Å². The van der Waals surface area contributed by atoms with Crippen molar-refractivity contribution in [2.75, 3.05) is 19.9 Å². The molecular formula is C24H20N4O4S. The Hall–Kier alpha value is -3.72. The number of hydrogen-bond acceptors (Lipinski definition) is 8. The van der Waals surface area contributed by atoms with E-state index in [-0.39, 0.29) is 18.6 Å². The third-order valence-corrected chi connectivity index (χ3v) is 6.75. The number of rotatable bonds is 4. The Bertz CT molecular complexity index is 1300. The van der Waals surface area contributed by atoms with Crippen LogP contribution in [0.1, 0.15) is 35.1 Å². The number of piperidine rings is 1. The SMILES string of the molecule is O=C(c1csc(-c2ccccc2)n1)N1CCCC(c2nnc(-c3ccc4c(c3)OCO4)o2)C1. The minimum absolute atomic E-state index is 0.00908. The van der Waals surface area contributed by atoms with Crippen LogP contribution in [-0.2, 0) is 0 Å². The number of carbonyl (C=O) groups is 1. The number of amides is 1. The topological polar surface area (TPSA) is 90.6 Å². The first-order chi connectivity index (χ1) is 16.2. The molecule has 2 aliphatic heterocycles. The molecule has 1 amide bonds. The molecule has 1 fully saturated rings. The summed E-state index contributed by atoms with van der Waals surface area (Å²) in [5, 5.41) is 11.2. The second-order valence-corrected chi connectivity index (χ2v) is 8.87. The van der Waals surface area contributed by atoms with Crippen LogP contribution in [0.3, 0.4) is 0 Å². The van der Waals surface area contributed by atoms with Gasteiger partial charge in [-0.15, -0.1) is 21.5 Å². The molecule has 1 unspecified atom stereocenters. The molecule has 4 aromatic rings. The maximum atomic E-state index is 13.1. The number of thiazole rings is 1. The van der Waals surface area contributed by atoms with Crippen molar-refractivity contribution in [3.05, 3.63) is 65.5 Å². The number of aromatic nitrogens is 3. The lowest BCUT2D eigenvalue weighted by Crippen LogP contribution is -2.39. The summed E-state index contributed by atoms with van der Waals surface area (Å²) in [6.07, 6.45) is 1.76. The number of carbonyl (C=O) groups excluding carboxylic acids is 1. The number of ether oxygens (including phenoxy) is 2. The summed E-state index contributed by atoms with van der Waals surface area (Å²) in [7, 11) is 0. The molecule has 1 atom stereocenters. The number of benzene rings is 2. The summed E-state index contributed by atoms with van der Waals surface area (Å²) in [4.78, 5) is 19.5. The molecule has 2 aliphatic rings. The molecule has 0 saturated carbocycles. The van der Waals surface area contributed by atoms with Crippen LogP contribution in [0.15, 0.2) is 58.3 Å². The first-order valence-corrected chi connectivity index (χ1v) is 11.7. The fraction of sp³-hybridized carbons (Fsp3) is 0.250. The minimum atomic E-state index is -0.0614. The Morgan fingerprint density at radius 2 is 1.91 bits per heavy atom. The molecule has 0 bridgehead atoms. The molecule has 9 heteroatoms. The molecule has 1 saturated heterocycles. The van der Waals surface area contributed by atoms with Gasteiger partial charge in [-0.05, 0) is 31.0 Å². The van der Waals surface area contributed by atoms with E-state index in [1.165, 1.54) is 11.3 Å². The molecule has 0 N–H and O–H groups in total. The van der Waals surface area contributed by atoms with Crippen LogP contribution >= 0.6 is 11.3 Å². The number of nitrogens with zero attached hydrogens (tertiary/aromatic N) is 4. The number of likely N-dealkylation sites (tertiary alicyclic amines) is 1. The van der Waals surface area contributed by atoms with Gasteiger partial charge in [0.1, 0.15) is 10.7 Å². The molecule has 33 heavy (non-hydrogen) atoms. The van der Waals surface area contributed by atoms with Crippen LogP contribution in [0.4, 0.5) is 0 Å². The van der Waals surface area contributed by atoms with Gasteiger partial charge in [-0.3, -0.25) is 4.79 Å².